The Bertz CT molecular complexity index is 1030. The highest BCUT2D eigenvalue weighted by molar-refractivity contribution is 8.13. The number of carbonyl (C=O) groups excluding carboxylic acids is 3. The van der Waals surface area contributed by atoms with Gasteiger partial charge >= 0.3 is 5.97 Å². The molecular weight excluding hydrogens is 469 g/mol. The van der Waals surface area contributed by atoms with Gasteiger partial charge in [0.25, 0.3) is 0 Å². The molecule has 34 heavy (non-hydrogen) atoms. The largest absolute Gasteiger partial charge is 0.445 e. The van der Waals surface area contributed by atoms with Crippen molar-refractivity contribution in [3.05, 3.63) is 36.0 Å². The fourth-order valence-corrected chi connectivity index (χ4v) is 7.87. The second kappa shape index (κ2) is 8.08. The summed E-state index contributed by atoms with van der Waals surface area (Å²) in [6.45, 7) is 8.61. The SMILES string of the molecule is C=C1CC2C3C[C@H](F)C4=CC(=O)C=C[C@]4(C)[C@@]3(F)[C@@H](O)C[C@]2(C)[C@@]1(OC(=O)CC)C(=O)SCF. The number of aliphatic hydroxyl groups is 1. The van der Waals surface area contributed by atoms with E-state index < -0.39 is 69.1 Å². The molecule has 3 saturated carbocycles. The van der Waals surface area contributed by atoms with Gasteiger partial charge in [-0.2, -0.15) is 0 Å². The highest BCUT2D eigenvalue weighted by atomic mass is 32.2. The van der Waals surface area contributed by atoms with Crippen molar-refractivity contribution >= 4 is 28.6 Å². The van der Waals surface area contributed by atoms with Crippen LogP contribution in [0.1, 0.15) is 46.5 Å². The van der Waals surface area contributed by atoms with Crippen LogP contribution in [0.3, 0.4) is 0 Å². The number of ether oxygens (including phenoxy) is 1. The molecule has 9 heteroatoms. The van der Waals surface area contributed by atoms with Crippen molar-refractivity contribution in [2.45, 2.75) is 70.0 Å². The summed E-state index contributed by atoms with van der Waals surface area (Å²) >= 11 is 0.335. The summed E-state index contributed by atoms with van der Waals surface area (Å²) in [5.41, 5.74) is -7.03. The molecule has 0 aromatic heterocycles. The van der Waals surface area contributed by atoms with Gasteiger partial charge in [0.1, 0.15) is 12.2 Å². The first-order valence-electron chi connectivity index (χ1n) is 11.4. The van der Waals surface area contributed by atoms with Crippen LogP contribution in [-0.2, 0) is 19.1 Å². The van der Waals surface area contributed by atoms with E-state index in [1.54, 1.807) is 13.8 Å². The van der Waals surface area contributed by atoms with Crippen LogP contribution in [0.15, 0.2) is 36.0 Å². The maximum absolute atomic E-state index is 17.2. The number of hydrogen-bond acceptors (Lipinski definition) is 6. The second-order valence-corrected chi connectivity index (χ2v) is 11.1. The average Bonchev–Trinajstić information content (AvgIpc) is 2.99. The molecule has 1 N–H and O–H groups in total. The molecule has 0 spiro atoms. The normalized spacial score (nSPS) is 45.2. The van der Waals surface area contributed by atoms with Gasteiger partial charge in [-0.25, -0.2) is 13.2 Å². The molecule has 0 aromatic rings. The number of carbonyl (C=O) groups is 3. The number of halogens is 3. The number of rotatable bonds is 4. The molecule has 0 radical (unpaired) electrons. The van der Waals surface area contributed by atoms with Gasteiger partial charge in [-0.3, -0.25) is 14.4 Å². The van der Waals surface area contributed by atoms with Crippen LogP contribution in [0.2, 0.25) is 0 Å². The van der Waals surface area contributed by atoms with Crippen LogP contribution in [0.4, 0.5) is 13.2 Å². The number of allylic oxidation sites excluding steroid dienone is 4. The van der Waals surface area contributed by atoms with E-state index in [0.29, 0.717) is 11.8 Å². The maximum atomic E-state index is 17.2. The van der Waals surface area contributed by atoms with Gasteiger partial charge < -0.3 is 9.84 Å². The standard InChI is InChI=1S/C25H29F3O5S/c1-5-20(31)33-25(21(32)34-12-26)13(2)8-15-16-10-18(27)17-9-14(29)6-7-22(17,3)24(16,28)19(30)11-23(15,25)4/h6-7,9,15-16,18-19,30H,2,5,8,10-12H2,1,3-4H3/t15?,16?,18-,19-,22-,23-,24-,25-/m0/s1. The van der Waals surface area contributed by atoms with E-state index in [2.05, 4.69) is 6.58 Å². The summed E-state index contributed by atoms with van der Waals surface area (Å²) in [6.07, 6.45) is -0.306. The van der Waals surface area contributed by atoms with Crippen LogP contribution >= 0.6 is 11.8 Å². The summed E-state index contributed by atoms with van der Waals surface area (Å²) in [5, 5.41) is 10.6. The smallest absolute Gasteiger partial charge is 0.306 e. The van der Waals surface area contributed by atoms with Gasteiger partial charge in [-0.1, -0.05) is 26.5 Å². The van der Waals surface area contributed by atoms with Crippen LogP contribution < -0.4 is 0 Å². The van der Waals surface area contributed by atoms with Crippen molar-refractivity contribution in [2.75, 3.05) is 6.01 Å². The molecule has 8 atom stereocenters. The minimum absolute atomic E-state index is 0.00837. The molecule has 3 fully saturated rings. The highest BCUT2D eigenvalue weighted by Crippen LogP contribution is 2.71. The zero-order valence-electron chi connectivity index (χ0n) is 19.4. The number of ketones is 1. The molecule has 2 unspecified atom stereocenters. The Labute approximate surface area is 200 Å². The van der Waals surface area contributed by atoms with E-state index >= 15 is 8.78 Å². The summed E-state index contributed by atoms with van der Waals surface area (Å²) in [6, 6.07) is -1.06. The topological polar surface area (TPSA) is 80.7 Å². The van der Waals surface area contributed by atoms with Crippen molar-refractivity contribution < 1.29 is 37.4 Å². The van der Waals surface area contributed by atoms with E-state index in [-0.39, 0.29) is 36.8 Å². The number of fused-ring (bicyclic) bond motifs is 5. The first-order valence-corrected chi connectivity index (χ1v) is 12.4. The van der Waals surface area contributed by atoms with Crippen LogP contribution in [0.5, 0.6) is 0 Å². The minimum Gasteiger partial charge on any atom is -0.445 e. The molecule has 0 saturated heterocycles. The summed E-state index contributed by atoms with van der Waals surface area (Å²) in [7, 11) is 0. The molecular formula is C25H29F3O5S. The fourth-order valence-electron chi connectivity index (χ4n) is 7.15. The Morgan fingerprint density at radius 3 is 2.62 bits per heavy atom. The average molecular weight is 499 g/mol. The van der Waals surface area contributed by atoms with Crippen LogP contribution in [0.25, 0.3) is 0 Å². The molecule has 0 amide bonds. The third-order valence-electron chi connectivity index (χ3n) is 8.82. The van der Waals surface area contributed by atoms with E-state index in [1.807, 2.05) is 0 Å². The van der Waals surface area contributed by atoms with Crippen molar-refractivity contribution in [3.8, 4) is 0 Å². The molecule has 4 aliphatic carbocycles. The molecule has 4 aliphatic rings. The predicted octanol–water partition coefficient (Wildman–Crippen LogP) is 4.35. The van der Waals surface area contributed by atoms with Crippen LogP contribution in [-0.4, -0.2) is 51.5 Å². The Morgan fingerprint density at radius 1 is 1.32 bits per heavy atom. The lowest BCUT2D eigenvalue weighted by molar-refractivity contribution is -0.224. The molecule has 0 heterocycles. The number of alkyl halides is 3. The predicted molar refractivity (Wildman–Crippen MR) is 121 cm³/mol. The Hall–Kier alpha value is -1.87. The van der Waals surface area contributed by atoms with Gasteiger partial charge in [-0.15, -0.1) is 0 Å². The lowest BCUT2D eigenvalue weighted by Gasteiger charge is -2.63. The molecule has 0 aromatic carbocycles. The zero-order valence-corrected chi connectivity index (χ0v) is 20.2. The van der Waals surface area contributed by atoms with E-state index in [4.69, 9.17) is 4.74 Å². The summed E-state index contributed by atoms with van der Waals surface area (Å²) < 4.78 is 51.6. The van der Waals surface area contributed by atoms with Crippen molar-refractivity contribution in [1.82, 2.24) is 0 Å². The van der Waals surface area contributed by atoms with Gasteiger partial charge in [0, 0.05) is 23.2 Å². The van der Waals surface area contributed by atoms with E-state index in [9.17, 15) is 23.9 Å². The van der Waals surface area contributed by atoms with Gasteiger partial charge in [-0.05, 0) is 67.2 Å². The second-order valence-electron chi connectivity index (χ2n) is 10.2. The number of esters is 1. The number of aliphatic hydroxyl groups excluding tert-OH is 1. The molecule has 5 nitrogen and oxygen atoms in total. The Balaban J connectivity index is 1.88. The number of thioether (sulfide) groups is 1. The number of hydrogen-bond donors (Lipinski definition) is 1. The van der Waals surface area contributed by atoms with Gasteiger partial charge in [0.2, 0.25) is 10.7 Å². The Morgan fingerprint density at radius 2 is 2.00 bits per heavy atom. The summed E-state index contributed by atoms with van der Waals surface area (Å²) in [4.78, 5) is 37.7. The molecule has 4 rings (SSSR count). The third-order valence-corrected chi connectivity index (χ3v) is 9.47. The quantitative estimate of drug-likeness (QED) is 0.459. The first-order chi connectivity index (χ1) is 15.8. The summed E-state index contributed by atoms with van der Waals surface area (Å²) in [5.74, 6) is -2.94. The lowest BCUT2D eigenvalue weighted by atomic mass is 9.44. The third kappa shape index (κ3) is 2.95. The zero-order chi connectivity index (χ0) is 25.3. The maximum Gasteiger partial charge on any atom is 0.306 e. The Kier molecular flexibility index (Phi) is 6.00. The molecule has 0 bridgehead atoms. The monoisotopic (exact) mass is 498 g/mol. The van der Waals surface area contributed by atoms with Crippen molar-refractivity contribution in [2.24, 2.45) is 22.7 Å². The molecule has 0 aliphatic heterocycles. The van der Waals surface area contributed by atoms with Gasteiger partial charge in [0.05, 0.1) is 6.10 Å². The highest BCUT2D eigenvalue weighted by Gasteiger charge is 2.77. The lowest BCUT2D eigenvalue weighted by Crippen LogP contribution is -2.70. The van der Waals surface area contributed by atoms with Crippen LogP contribution in [0, 0.1) is 22.7 Å². The van der Waals surface area contributed by atoms with Crippen molar-refractivity contribution in [1.29, 1.82) is 0 Å². The van der Waals surface area contributed by atoms with E-state index in [1.165, 1.54) is 19.1 Å². The minimum atomic E-state index is -2.34. The first kappa shape index (κ1) is 25.2. The van der Waals surface area contributed by atoms with E-state index in [0.717, 1.165) is 6.08 Å². The van der Waals surface area contributed by atoms with Crippen molar-refractivity contribution in [3.63, 3.8) is 0 Å². The van der Waals surface area contributed by atoms with Gasteiger partial charge in [0.15, 0.2) is 11.5 Å². The molecule has 186 valence electrons. The fraction of sp³-hybridized carbons (Fsp3) is 0.640.